The lowest BCUT2D eigenvalue weighted by molar-refractivity contribution is 0.0711. The third-order valence-electron chi connectivity index (χ3n) is 3.05. The molecule has 0 atom stereocenters. The Hall–Kier alpha value is -0.0800. The van der Waals surface area contributed by atoms with Gasteiger partial charge in [-0.25, -0.2) is 0 Å². The quantitative estimate of drug-likeness (QED) is 0.631. The fourth-order valence-corrected chi connectivity index (χ4v) is 2.04. The van der Waals surface area contributed by atoms with Crippen molar-refractivity contribution >= 4 is 0 Å². The van der Waals surface area contributed by atoms with Crippen molar-refractivity contribution in [1.82, 2.24) is 4.90 Å². The van der Waals surface area contributed by atoms with Gasteiger partial charge < -0.3 is 9.64 Å². The van der Waals surface area contributed by atoms with E-state index in [1.165, 1.54) is 38.8 Å². The van der Waals surface area contributed by atoms with Gasteiger partial charge in [0.15, 0.2) is 0 Å². The smallest absolute Gasteiger partial charge is 0.0518 e. The van der Waals surface area contributed by atoms with Gasteiger partial charge in [0.25, 0.3) is 0 Å². The van der Waals surface area contributed by atoms with Crippen LogP contribution in [0.5, 0.6) is 0 Å². The van der Waals surface area contributed by atoms with Crippen LogP contribution in [0.1, 0.15) is 39.5 Å². The van der Waals surface area contributed by atoms with Gasteiger partial charge in [-0.05, 0) is 65.6 Å². The van der Waals surface area contributed by atoms with Gasteiger partial charge in [-0.3, -0.25) is 0 Å². The van der Waals surface area contributed by atoms with E-state index in [9.17, 15) is 0 Å². The highest BCUT2D eigenvalue weighted by Gasteiger charge is 2.15. The molecular weight excluding hydrogens is 174 g/mol. The Labute approximate surface area is 88.6 Å². The normalized spacial score (nSPS) is 20.6. The third kappa shape index (κ3) is 4.97. The highest BCUT2D eigenvalue weighted by molar-refractivity contribution is 4.69. The molecule has 14 heavy (non-hydrogen) atoms. The molecule has 1 heterocycles. The number of likely N-dealkylation sites (tertiary alicyclic amines) is 1. The molecule has 2 nitrogen and oxygen atoms in total. The summed E-state index contributed by atoms with van der Waals surface area (Å²) < 4.78 is 5.54. The Kier molecular flexibility index (Phi) is 5.49. The van der Waals surface area contributed by atoms with Gasteiger partial charge in [-0.2, -0.15) is 0 Å². The predicted molar refractivity (Wildman–Crippen MR) is 60.5 cm³/mol. The minimum Gasteiger partial charge on any atom is -0.379 e. The molecule has 0 unspecified atom stereocenters. The first-order valence-electron chi connectivity index (χ1n) is 5.98. The number of piperidine rings is 1. The fraction of sp³-hybridized carbons (Fsp3) is 1.00. The Balaban J connectivity index is 1.96. The molecule has 84 valence electrons. The Bertz CT molecular complexity index is 139. The molecule has 0 radical (unpaired) electrons. The first-order valence-corrected chi connectivity index (χ1v) is 5.98. The summed E-state index contributed by atoms with van der Waals surface area (Å²) in [4.78, 5) is 2.43. The molecule has 1 rings (SSSR count). The van der Waals surface area contributed by atoms with Crippen LogP contribution in [0.3, 0.4) is 0 Å². The van der Waals surface area contributed by atoms with Crippen LogP contribution in [0.15, 0.2) is 0 Å². The maximum Gasteiger partial charge on any atom is 0.0518 e. The topological polar surface area (TPSA) is 12.5 Å². The van der Waals surface area contributed by atoms with Crippen LogP contribution < -0.4 is 0 Å². The molecule has 0 aromatic heterocycles. The molecule has 0 aliphatic carbocycles. The van der Waals surface area contributed by atoms with Crippen LogP contribution in [0.25, 0.3) is 0 Å². The molecule has 0 bridgehead atoms. The summed E-state index contributed by atoms with van der Waals surface area (Å²) in [6, 6.07) is 0. The molecule has 0 N–H and O–H groups in total. The largest absolute Gasteiger partial charge is 0.379 e. The van der Waals surface area contributed by atoms with E-state index in [0.717, 1.165) is 12.5 Å². The second-order valence-electron chi connectivity index (χ2n) is 4.81. The minimum absolute atomic E-state index is 0.396. The number of rotatable bonds is 5. The zero-order valence-electron chi connectivity index (χ0n) is 9.96. The molecule has 1 aliphatic rings. The van der Waals surface area contributed by atoms with E-state index in [1.54, 1.807) is 0 Å². The molecule has 1 aliphatic heterocycles. The molecule has 0 spiro atoms. The summed E-state index contributed by atoms with van der Waals surface area (Å²) in [6.45, 7) is 7.74. The van der Waals surface area contributed by atoms with E-state index in [2.05, 4.69) is 25.8 Å². The highest BCUT2D eigenvalue weighted by Crippen LogP contribution is 2.20. The van der Waals surface area contributed by atoms with Crippen molar-refractivity contribution in [3.05, 3.63) is 0 Å². The van der Waals surface area contributed by atoms with Crippen molar-refractivity contribution in [1.29, 1.82) is 0 Å². The van der Waals surface area contributed by atoms with E-state index in [0.29, 0.717) is 6.10 Å². The van der Waals surface area contributed by atoms with E-state index in [1.807, 2.05) is 0 Å². The van der Waals surface area contributed by atoms with Gasteiger partial charge in [0.05, 0.1) is 6.10 Å². The Morgan fingerprint density at radius 2 is 1.93 bits per heavy atom. The number of nitrogens with zero attached hydrogens (tertiary/aromatic N) is 1. The van der Waals surface area contributed by atoms with Crippen LogP contribution in [0.2, 0.25) is 0 Å². The van der Waals surface area contributed by atoms with E-state index in [4.69, 9.17) is 4.74 Å². The summed E-state index contributed by atoms with van der Waals surface area (Å²) in [7, 11) is 2.22. The zero-order valence-corrected chi connectivity index (χ0v) is 9.96. The average Bonchev–Trinajstić information content (AvgIpc) is 2.15. The number of hydrogen-bond acceptors (Lipinski definition) is 2. The van der Waals surface area contributed by atoms with E-state index < -0.39 is 0 Å². The van der Waals surface area contributed by atoms with Crippen molar-refractivity contribution in [2.24, 2.45) is 5.92 Å². The second kappa shape index (κ2) is 6.41. The van der Waals surface area contributed by atoms with Crippen molar-refractivity contribution < 1.29 is 4.74 Å². The lowest BCUT2D eigenvalue weighted by atomic mass is 9.93. The van der Waals surface area contributed by atoms with Crippen molar-refractivity contribution in [2.45, 2.75) is 45.6 Å². The van der Waals surface area contributed by atoms with Crippen LogP contribution in [-0.2, 0) is 4.74 Å². The Morgan fingerprint density at radius 1 is 1.29 bits per heavy atom. The minimum atomic E-state index is 0.396. The highest BCUT2D eigenvalue weighted by atomic mass is 16.5. The van der Waals surface area contributed by atoms with Gasteiger partial charge in [-0.1, -0.05) is 0 Å². The fourth-order valence-electron chi connectivity index (χ4n) is 2.04. The molecule has 0 amide bonds. The van der Waals surface area contributed by atoms with Gasteiger partial charge in [-0.15, -0.1) is 0 Å². The maximum atomic E-state index is 5.54. The van der Waals surface area contributed by atoms with Gasteiger partial charge in [0, 0.05) is 6.61 Å². The zero-order chi connectivity index (χ0) is 10.4. The lowest BCUT2D eigenvalue weighted by Crippen LogP contribution is -2.30. The van der Waals surface area contributed by atoms with E-state index >= 15 is 0 Å². The molecule has 0 aromatic carbocycles. The summed E-state index contributed by atoms with van der Waals surface area (Å²) in [5.41, 5.74) is 0. The SMILES string of the molecule is CC(C)OCCCC1CCN(C)CC1. The first kappa shape index (κ1) is 12.0. The van der Waals surface area contributed by atoms with E-state index in [-0.39, 0.29) is 0 Å². The maximum absolute atomic E-state index is 5.54. The molecule has 1 fully saturated rings. The van der Waals surface area contributed by atoms with Crippen LogP contribution in [0.4, 0.5) is 0 Å². The Morgan fingerprint density at radius 3 is 2.50 bits per heavy atom. The monoisotopic (exact) mass is 199 g/mol. The second-order valence-corrected chi connectivity index (χ2v) is 4.81. The van der Waals surface area contributed by atoms with Gasteiger partial charge in [0.1, 0.15) is 0 Å². The third-order valence-corrected chi connectivity index (χ3v) is 3.05. The first-order chi connectivity index (χ1) is 6.68. The van der Waals surface area contributed by atoms with Gasteiger partial charge >= 0.3 is 0 Å². The molecule has 2 heteroatoms. The van der Waals surface area contributed by atoms with Crippen LogP contribution in [0, 0.1) is 5.92 Å². The van der Waals surface area contributed by atoms with Gasteiger partial charge in [0.2, 0.25) is 0 Å². The lowest BCUT2D eigenvalue weighted by Gasteiger charge is -2.28. The van der Waals surface area contributed by atoms with Crippen molar-refractivity contribution in [2.75, 3.05) is 26.7 Å². The molecular formula is C12H25NO. The predicted octanol–water partition coefficient (Wildman–Crippen LogP) is 2.53. The molecule has 0 aromatic rings. The summed E-state index contributed by atoms with van der Waals surface area (Å²) in [5, 5.41) is 0. The van der Waals surface area contributed by atoms with Crippen LogP contribution >= 0.6 is 0 Å². The van der Waals surface area contributed by atoms with Crippen molar-refractivity contribution in [3.63, 3.8) is 0 Å². The average molecular weight is 199 g/mol. The summed E-state index contributed by atoms with van der Waals surface area (Å²) in [5.74, 6) is 0.960. The van der Waals surface area contributed by atoms with Crippen LogP contribution in [-0.4, -0.2) is 37.7 Å². The van der Waals surface area contributed by atoms with Crippen molar-refractivity contribution in [3.8, 4) is 0 Å². The summed E-state index contributed by atoms with van der Waals surface area (Å²) >= 11 is 0. The number of hydrogen-bond donors (Lipinski definition) is 0. The molecule has 0 saturated carbocycles. The number of ether oxygens (including phenoxy) is 1. The summed E-state index contributed by atoms with van der Waals surface area (Å²) in [6.07, 6.45) is 5.77. The molecule has 1 saturated heterocycles. The standard InChI is InChI=1S/C12H25NO/c1-11(2)14-10-4-5-12-6-8-13(3)9-7-12/h11-12H,4-10H2,1-3H3.